The first-order valence-corrected chi connectivity index (χ1v) is 8.09. The molecule has 1 atom stereocenters. The summed E-state index contributed by atoms with van der Waals surface area (Å²) in [5.41, 5.74) is 3.61. The van der Waals surface area contributed by atoms with Gasteiger partial charge in [0.25, 0.3) is 0 Å². The van der Waals surface area contributed by atoms with Crippen LogP contribution in [0.25, 0.3) is 0 Å². The second-order valence-corrected chi connectivity index (χ2v) is 6.57. The van der Waals surface area contributed by atoms with E-state index in [0.717, 1.165) is 12.3 Å². The van der Waals surface area contributed by atoms with Gasteiger partial charge in [-0.15, -0.1) is 0 Å². The lowest BCUT2D eigenvalue weighted by Gasteiger charge is -2.22. The summed E-state index contributed by atoms with van der Waals surface area (Å²) in [4.78, 5) is 0. The van der Waals surface area contributed by atoms with E-state index in [2.05, 4.69) is 43.4 Å². The van der Waals surface area contributed by atoms with Gasteiger partial charge in [0, 0.05) is 12.6 Å². The molecule has 1 N–H and O–H groups in total. The zero-order valence-corrected chi connectivity index (χ0v) is 12.4. The molecule has 1 unspecified atom stereocenters. The fourth-order valence-corrected chi connectivity index (χ4v) is 3.40. The number of benzene rings is 1. The standard InChI is InChI=1S/C18H27N/c1-3-14-5-7-15(8-6-14)17(4-2)19-13-18(11-12-18)16-9-10-16/h5-8,16-17,19H,3-4,9-13H2,1-2H3. The van der Waals surface area contributed by atoms with Gasteiger partial charge in [-0.25, -0.2) is 0 Å². The summed E-state index contributed by atoms with van der Waals surface area (Å²) in [6.45, 7) is 5.75. The predicted octanol–water partition coefficient (Wildman–Crippen LogP) is 4.48. The number of hydrogen-bond acceptors (Lipinski definition) is 1. The van der Waals surface area contributed by atoms with Gasteiger partial charge in [-0.05, 0) is 61.0 Å². The number of nitrogens with one attached hydrogen (secondary N) is 1. The third-order valence-corrected chi connectivity index (χ3v) is 5.23. The highest BCUT2D eigenvalue weighted by Crippen LogP contribution is 2.61. The normalized spacial score (nSPS) is 22.2. The van der Waals surface area contributed by atoms with Crippen LogP contribution in [0.2, 0.25) is 0 Å². The smallest absolute Gasteiger partial charge is 0.0317 e. The van der Waals surface area contributed by atoms with E-state index < -0.39 is 0 Å². The molecule has 0 heterocycles. The molecular weight excluding hydrogens is 230 g/mol. The molecular formula is C18H27N. The molecule has 2 saturated carbocycles. The lowest BCUT2D eigenvalue weighted by Crippen LogP contribution is -2.29. The Balaban J connectivity index is 1.60. The molecule has 0 bridgehead atoms. The first-order valence-electron chi connectivity index (χ1n) is 8.09. The lowest BCUT2D eigenvalue weighted by molar-refractivity contribution is 0.370. The van der Waals surface area contributed by atoms with E-state index in [1.54, 1.807) is 0 Å². The highest BCUT2D eigenvalue weighted by atomic mass is 14.9. The van der Waals surface area contributed by atoms with Crippen molar-refractivity contribution in [2.45, 2.75) is 58.4 Å². The summed E-state index contributed by atoms with van der Waals surface area (Å²) < 4.78 is 0. The molecule has 104 valence electrons. The van der Waals surface area contributed by atoms with Crippen LogP contribution in [0.5, 0.6) is 0 Å². The third kappa shape index (κ3) is 2.86. The van der Waals surface area contributed by atoms with Crippen LogP contribution in [0.4, 0.5) is 0 Å². The van der Waals surface area contributed by atoms with Crippen LogP contribution in [0.15, 0.2) is 24.3 Å². The largest absolute Gasteiger partial charge is 0.309 e. The molecule has 19 heavy (non-hydrogen) atoms. The molecule has 0 amide bonds. The molecule has 0 saturated heterocycles. The third-order valence-electron chi connectivity index (χ3n) is 5.23. The Bertz CT molecular complexity index is 412. The molecule has 1 nitrogen and oxygen atoms in total. The van der Waals surface area contributed by atoms with Gasteiger partial charge >= 0.3 is 0 Å². The molecule has 1 aromatic rings. The van der Waals surface area contributed by atoms with Crippen molar-refractivity contribution in [3.8, 4) is 0 Å². The monoisotopic (exact) mass is 257 g/mol. The Morgan fingerprint density at radius 3 is 2.32 bits per heavy atom. The van der Waals surface area contributed by atoms with Gasteiger partial charge in [0.2, 0.25) is 0 Å². The molecule has 3 rings (SSSR count). The Morgan fingerprint density at radius 2 is 1.84 bits per heavy atom. The van der Waals surface area contributed by atoms with Crippen molar-refractivity contribution < 1.29 is 0 Å². The maximum Gasteiger partial charge on any atom is 0.0317 e. The van der Waals surface area contributed by atoms with Gasteiger partial charge in [0.05, 0.1) is 0 Å². The molecule has 2 aliphatic carbocycles. The lowest BCUT2D eigenvalue weighted by atomic mass is 9.97. The topological polar surface area (TPSA) is 12.0 Å². The van der Waals surface area contributed by atoms with E-state index in [1.165, 1.54) is 49.8 Å². The summed E-state index contributed by atoms with van der Waals surface area (Å²) in [5.74, 6) is 1.06. The van der Waals surface area contributed by atoms with E-state index in [-0.39, 0.29) is 0 Å². The van der Waals surface area contributed by atoms with Gasteiger partial charge in [-0.2, -0.15) is 0 Å². The zero-order valence-electron chi connectivity index (χ0n) is 12.4. The second-order valence-electron chi connectivity index (χ2n) is 6.57. The average molecular weight is 257 g/mol. The summed E-state index contributed by atoms with van der Waals surface area (Å²) in [6.07, 6.45) is 8.24. The van der Waals surface area contributed by atoms with Crippen molar-refractivity contribution in [2.75, 3.05) is 6.54 Å². The van der Waals surface area contributed by atoms with E-state index in [0.29, 0.717) is 11.5 Å². The molecule has 2 aliphatic rings. The van der Waals surface area contributed by atoms with Gasteiger partial charge in [0.15, 0.2) is 0 Å². The molecule has 0 aromatic heterocycles. The van der Waals surface area contributed by atoms with Crippen LogP contribution in [0.3, 0.4) is 0 Å². The van der Waals surface area contributed by atoms with Crippen molar-refractivity contribution in [1.82, 2.24) is 5.32 Å². The molecule has 0 aliphatic heterocycles. The fourth-order valence-electron chi connectivity index (χ4n) is 3.40. The Labute approximate surface area is 117 Å². The van der Waals surface area contributed by atoms with Gasteiger partial charge in [0.1, 0.15) is 0 Å². The summed E-state index contributed by atoms with van der Waals surface area (Å²) in [6, 6.07) is 9.75. The van der Waals surface area contributed by atoms with Crippen LogP contribution in [-0.2, 0) is 6.42 Å². The minimum absolute atomic E-state index is 0.544. The molecule has 0 radical (unpaired) electrons. The zero-order chi connectivity index (χ0) is 13.3. The Morgan fingerprint density at radius 1 is 1.16 bits per heavy atom. The van der Waals surface area contributed by atoms with Crippen molar-refractivity contribution in [3.63, 3.8) is 0 Å². The molecule has 1 heteroatoms. The van der Waals surface area contributed by atoms with Gasteiger partial charge in [-0.3, -0.25) is 0 Å². The summed E-state index contributed by atoms with van der Waals surface area (Å²) in [7, 11) is 0. The van der Waals surface area contributed by atoms with Crippen molar-refractivity contribution in [3.05, 3.63) is 35.4 Å². The summed E-state index contributed by atoms with van der Waals surface area (Å²) in [5, 5.41) is 3.85. The molecule has 1 aromatic carbocycles. The predicted molar refractivity (Wildman–Crippen MR) is 81.2 cm³/mol. The second kappa shape index (κ2) is 5.28. The maximum absolute atomic E-state index is 3.85. The Kier molecular flexibility index (Phi) is 3.66. The van der Waals surface area contributed by atoms with E-state index in [1.807, 2.05) is 0 Å². The minimum Gasteiger partial charge on any atom is -0.309 e. The Hall–Kier alpha value is -0.820. The van der Waals surface area contributed by atoms with Crippen LogP contribution in [0, 0.1) is 11.3 Å². The quantitative estimate of drug-likeness (QED) is 0.759. The van der Waals surface area contributed by atoms with Crippen LogP contribution in [-0.4, -0.2) is 6.54 Å². The van der Waals surface area contributed by atoms with E-state index >= 15 is 0 Å². The highest BCUT2D eigenvalue weighted by Gasteiger charge is 2.53. The van der Waals surface area contributed by atoms with Gasteiger partial charge in [-0.1, -0.05) is 38.1 Å². The fraction of sp³-hybridized carbons (Fsp3) is 0.667. The number of aryl methyl sites for hydroxylation is 1. The van der Waals surface area contributed by atoms with E-state index in [9.17, 15) is 0 Å². The van der Waals surface area contributed by atoms with Gasteiger partial charge < -0.3 is 5.32 Å². The molecule has 2 fully saturated rings. The van der Waals surface area contributed by atoms with Crippen molar-refractivity contribution in [1.29, 1.82) is 0 Å². The number of rotatable bonds is 7. The number of hydrogen-bond donors (Lipinski definition) is 1. The van der Waals surface area contributed by atoms with E-state index in [4.69, 9.17) is 0 Å². The SMILES string of the molecule is CCc1ccc(C(CC)NCC2(C3CC3)CC2)cc1. The average Bonchev–Trinajstić information content (AvgIpc) is 3.32. The molecule has 0 spiro atoms. The first kappa shape index (κ1) is 13.2. The van der Waals surface area contributed by atoms with Crippen molar-refractivity contribution >= 4 is 0 Å². The maximum atomic E-state index is 3.85. The summed E-state index contributed by atoms with van der Waals surface area (Å²) >= 11 is 0. The van der Waals surface area contributed by atoms with Crippen molar-refractivity contribution in [2.24, 2.45) is 11.3 Å². The van der Waals surface area contributed by atoms with Crippen LogP contribution in [0.1, 0.15) is 63.1 Å². The van der Waals surface area contributed by atoms with Crippen LogP contribution < -0.4 is 5.32 Å². The highest BCUT2D eigenvalue weighted by molar-refractivity contribution is 5.25. The van der Waals surface area contributed by atoms with Crippen LogP contribution >= 0.6 is 0 Å². The first-order chi connectivity index (χ1) is 9.27. The minimum atomic E-state index is 0.544.